The Labute approximate surface area is 163 Å². The van der Waals surface area contributed by atoms with Gasteiger partial charge in [0, 0.05) is 31.1 Å². The first-order valence-corrected chi connectivity index (χ1v) is 9.63. The Morgan fingerprint density at radius 1 is 1.32 bits per heavy atom. The zero-order valence-electron chi connectivity index (χ0n) is 16.5. The van der Waals surface area contributed by atoms with Crippen molar-refractivity contribution in [3.63, 3.8) is 0 Å². The monoisotopic (exact) mass is 400 g/mol. The highest BCUT2D eigenvalue weighted by Gasteiger charge is 2.43. The highest BCUT2D eigenvalue weighted by molar-refractivity contribution is 5.78. The Hall–Kier alpha value is -1.64. The maximum atomic E-state index is 12.6. The molecule has 1 fully saturated rings. The van der Waals surface area contributed by atoms with E-state index in [0.29, 0.717) is 18.4 Å². The molecule has 0 spiro atoms. The molecule has 28 heavy (non-hydrogen) atoms. The molecule has 1 heterocycles. The fourth-order valence-corrected chi connectivity index (χ4v) is 4.22. The van der Waals surface area contributed by atoms with Gasteiger partial charge in [-0.1, -0.05) is 19.1 Å². The van der Waals surface area contributed by atoms with Gasteiger partial charge >= 0.3 is 12.1 Å². The van der Waals surface area contributed by atoms with Crippen molar-refractivity contribution in [1.29, 1.82) is 0 Å². The van der Waals surface area contributed by atoms with E-state index >= 15 is 0 Å². The second-order valence-electron chi connectivity index (χ2n) is 7.81. The van der Waals surface area contributed by atoms with Crippen LogP contribution in [-0.4, -0.2) is 73.9 Å². The smallest absolute Gasteiger partial charge is 0.420 e. The molecule has 1 aliphatic heterocycles. The van der Waals surface area contributed by atoms with Gasteiger partial charge in [0.05, 0.1) is 12.2 Å². The van der Waals surface area contributed by atoms with Crippen molar-refractivity contribution >= 4 is 5.97 Å². The number of benzene rings is 1. The van der Waals surface area contributed by atoms with Gasteiger partial charge in [-0.05, 0) is 45.1 Å². The average molecular weight is 400 g/mol. The fraction of sp³-hybridized carbons (Fsp3) is 0.650. The molecule has 1 saturated heterocycles. The van der Waals surface area contributed by atoms with E-state index in [2.05, 4.69) is 21.5 Å². The average Bonchev–Trinajstić information content (AvgIpc) is 2.59. The lowest BCUT2D eigenvalue weighted by Gasteiger charge is -2.48. The minimum Gasteiger partial charge on any atom is -0.420 e. The SMILES string of the molecule is CCCN1C[C@H](CN(C)C)O[C@@H]2Cc3c(cccc3OC(=O)C(F)(F)F)C[C@H]21. The van der Waals surface area contributed by atoms with E-state index in [-0.39, 0.29) is 24.0 Å². The molecule has 0 amide bonds. The van der Waals surface area contributed by atoms with E-state index in [1.165, 1.54) is 6.07 Å². The van der Waals surface area contributed by atoms with E-state index < -0.39 is 12.1 Å². The minimum atomic E-state index is -5.02. The lowest BCUT2D eigenvalue weighted by molar-refractivity contribution is -0.189. The van der Waals surface area contributed by atoms with Crippen molar-refractivity contribution in [1.82, 2.24) is 9.80 Å². The van der Waals surface area contributed by atoms with Gasteiger partial charge in [0.2, 0.25) is 0 Å². The molecule has 1 aromatic carbocycles. The van der Waals surface area contributed by atoms with Crippen molar-refractivity contribution < 1.29 is 27.4 Å². The summed E-state index contributed by atoms with van der Waals surface area (Å²) in [6.07, 6.45) is -2.99. The summed E-state index contributed by atoms with van der Waals surface area (Å²) >= 11 is 0. The van der Waals surface area contributed by atoms with Gasteiger partial charge in [-0.3, -0.25) is 4.90 Å². The number of alkyl halides is 3. The van der Waals surface area contributed by atoms with Crippen LogP contribution in [0.25, 0.3) is 0 Å². The first-order valence-electron chi connectivity index (χ1n) is 9.63. The number of hydrogen-bond donors (Lipinski definition) is 0. The van der Waals surface area contributed by atoms with E-state index in [1.807, 2.05) is 20.2 Å². The molecule has 3 rings (SSSR count). The lowest BCUT2D eigenvalue weighted by Crippen LogP contribution is -2.59. The highest BCUT2D eigenvalue weighted by Crippen LogP contribution is 2.36. The highest BCUT2D eigenvalue weighted by atomic mass is 19.4. The van der Waals surface area contributed by atoms with Crippen LogP contribution in [0.2, 0.25) is 0 Å². The molecule has 0 aromatic heterocycles. The topological polar surface area (TPSA) is 42.0 Å². The first-order chi connectivity index (χ1) is 13.2. The van der Waals surface area contributed by atoms with Crippen molar-refractivity contribution in [2.24, 2.45) is 0 Å². The van der Waals surface area contributed by atoms with E-state index in [1.54, 1.807) is 6.07 Å². The molecule has 0 saturated carbocycles. The lowest BCUT2D eigenvalue weighted by atomic mass is 9.83. The second-order valence-corrected chi connectivity index (χ2v) is 7.81. The number of rotatable bonds is 5. The Balaban J connectivity index is 1.85. The summed E-state index contributed by atoms with van der Waals surface area (Å²) in [6.45, 7) is 4.70. The van der Waals surface area contributed by atoms with Gasteiger partial charge in [-0.15, -0.1) is 0 Å². The van der Waals surface area contributed by atoms with E-state index in [4.69, 9.17) is 4.74 Å². The third-order valence-corrected chi connectivity index (χ3v) is 5.28. The first kappa shape index (κ1) is 21.1. The number of esters is 1. The predicted molar refractivity (Wildman–Crippen MR) is 98.4 cm³/mol. The molecule has 1 aromatic rings. The molecular weight excluding hydrogens is 373 g/mol. The number of carbonyl (C=O) groups excluding carboxylic acids is 1. The standard InChI is InChI=1S/C20H27F3N2O3/c1-4-8-25-12-14(11-24(2)3)27-18-10-15-13(9-16(18)25)6-5-7-17(15)28-19(26)20(21,22)23/h5-7,14,16,18H,4,8-12H2,1-3H3/t14-,16+,18+/m0/s1. The Morgan fingerprint density at radius 2 is 2.07 bits per heavy atom. The number of ether oxygens (including phenoxy) is 2. The van der Waals surface area contributed by atoms with Gasteiger partial charge in [0.1, 0.15) is 5.75 Å². The van der Waals surface area contributed by atoms with Crippen molar-refractivity contribution in [2.45, 2.75) is 50.6 Å². The summed E-state index contributed by atoms with van der Waals surface area (Å²) in [5.74, 6) is -2.20. The number of likely N-dealkylation sites (N-methyl/N-ethyl adjacent to an activating group) is 1. The number of hydrogen-bond acceptors (Lipinski definition) is 5. The van der Waals surface area contributed by atoms with Crippen LogP contribution in [0.5, 0.6) is 5.75 Å². The van der Waals surface area contributed by atoms with Crippen molar-refractivity contribution in [2.75, 3.05) is 33.7 Å². The largest absolute Gasteiger partial charge is 0.491 e. The summed E-state index contributed by atoms with van der Waals surface area (Å²) in [5, 5.41) is 0. The number of morpholine rings is 1. The number of nitrogens with zero attached hydrogens (tertiary/aromatic N) is 2. The van der Waals surface area contributed by atoms with Gasteiger partial charge in [0.25, 0.3) is 0 Å². The molecule has 0 radical (unpaired) electrons. The van der Waals surface area contributed by atoms with E-state index in [0.717, 1.165) is 31.6 Å². The van der Waals surface area contributed by atoms with Crippen LogP contribution in [0.3, 0.4) is 0 Å². The summed E-state index contributed by atoms with van der Waals surface area (Å²) in [6, 6.07) is 5.14. The zero-order chi connectivity index (χ0) is 20.5. The number of halogens is 3. The number of fused-ring (bicyclic) bond motifs is 2. The van der Waals surface area contributed by atoms with Crippen LogP contribution >= 0.6 is 0 Å². The normalized spacial score (nSPS) is 25.3. The van der Waals surface area contributed by atoms with Crippen molar-refractivity contribution in [3.05, 3.63) is 29.3 Å². The summed E-state index contributed by atoms with van der Waals surface area (Å²) in [5.41, 5.74) is 1.56. The predicted octanol–water partition coefficient (Wildman–Crippen LogP) is 2.66. The molecule has 8 heteroatoms. The summed E-state index contributed by atoms with van der Waals surface area (Å²) < 4.78 is 48.9. The molecule has 1 aliphatic carbocycles. The Bertz CT molecular complexity index is 708. The van der Waals surface area contributed by atoms with Gasteiger partial charge in [0.15, 0.2) is 0 Å². The third kappa shape index (κ3) is 4.67. The van der Waals surface area contributed by atoms with Gasteiger partial charge < -0.3 is 14.4 Å². The molecule has 0 bridgehead atoms. The fourth-order valence-electron chi connectivity index (χ4n) is 4.22. The van der Waals surface area contributed by atoms with Crippen LogP contribution in [0.15, 0.2) is 18.2 Å². The molecule has 0 N–H and O–H groups in total. The van der Waals surface area contributed by atoms with Gasteiger partial charge in [-0.25, -0.2) is 4.79 Å². The molecule has 156 valence electrons. The number of carbonyl (C=O) groups is 1. The Morgan fingerprint density at radius 3 is 2.71 bits per heavy atom. The molecule has 0 unspecified atom stereocenters. The van der Waals surface area contributed by atoms with Crippen molar-refractivity contribution in [3.8, 4) is 5.75 Å². The van der Waals surface area contributed by atoms with Crippen LogP contribution in [0, 0.1) is 0 Å². The van der Waals surface area contributed by atoms with Crippen LogP contribution in [-0.2, 0) is 22.4 Å². The van der Waals surface area contributed by atoms with Crippen LogP contribution in [0.4, 0.5) is 13.2 Å². The van der Waals surface area contributed by atoms with E-state index in [9.17, 15) is 18.0 Å². The molecule has 5 nitrogen and oxygen atoms in total. The minimum absolute atomic E-state index is 0.0151. The van der Waals surface area contributed by atoms with Crippen LogP contribution < -0.4 is 4.74 Å². The third-order valence-electron chi connectivity index (χ3n) is 5.28. The maximum absolute atomic E-state index is 12.6. The van der Waals surface area contributed by atoms with Crippen LogP contribution in [0.1, 0.15) is 24.5 Å². The molecule has 3 atom stereocenters. The second kappa shape index (κ2) is 8.39. The Kier molecular flexibility index (Phi) is 6.31. The molecular formula is C20H27F3N2O3. The quantitative estimate of drug-likeness (QED) is 0.562. The summed E-state index contributed by atoms with van der Waals surface area (Å²) in [4.78, 5) is 15.8. The summed E-state index contributed by atoms with van der Waals surface area (Å²) in [7, 11) is 3.98. The maximum Gasteiger partial charge on any atom is 0.491 e. The zero-order valence-corrected chi connectivity index (χ0v) is 16.5. The molecule has 2 aliphatic rings. The van der Waals surface area contributed by atoms with Gasteiger partial charge in [-0.2, -0.15) is 13.2 Å².